The molecule has 0 amide bonds. The molecule has 3 aromatic heterocycles. The molecule has 4 rings (SSSR count). The molecule has 0 unspecified atom stereocenters. The van der Waals surface area contributed by atoms with Gasteiger partial charge in [0.25, 0.3) is 0 Å². The predicted octanol–water partition coefficient (Wildman–Crippen LogP) is 3.27. The maximum absolute atomic E-state index is 12.7. The molecule has 32 heavy (non-hydrogen) atoms. The van der Waals surface area contributed by atoms with E-state index in [0.29, 0.717) is 28.3 Å². The van der Waals surface area contributed by atoms with Gasteiger partial charge < -0.3 is 9.47 Å². The van der Waals surface area contributed by atoms with Crippen LogP contribution in [-0.2, 0) is 14.8 Å². The minimum Gasteiger partial charge on any atom is -0.435 e. The van der Waals surface area contributed by atoms with Gasteiger partial charge >= 0.3 is 0 Å². The summed E-state index contributed by atoms with van der Waals surface area (Å²) in [6.07, 6.45) is 3.03. The number of aromatic nitrogens is 3. The first-order valence-corrected chi connectivity index (χ1v) is 11.4. The van der Waals surface area contributed by atoms with Crippen molar-refractivity contribution in [2.75, 3.05) is 17.9 Å². The van der Waals surface area contributed by atoms with Crippen LogP contribution in [0.25, 0.3) is 11.3 Å². The van der Waals surface area contributed by atoms with Gasteiger partial charge in [-0.15, -0.1) is 0 Å². The second kappa shape index (κ2) is 8.53. The molecular weight excluding hydrogens is 430 g/mol. The summed E-state index contributed by atoms with van der Waals surface area (Å²) in [5.41, 5.74) is 4.02. The molecule has 0 radical (unpaired) electrons. The number of nitrogens with one attached hydrogen (secondary N) is 1. The molecule has 9 nitrogen and oxygen atoms in total. The molecule has 0 spiro atoms. The third-order valence-corrected chi connectivity index (χ3v) is 6.63. The molecule has 0 aliphatic carbocycles. The van der Waals surface area contributed by atoms with Crippen LogP contribution in [0.15, 0.2) is 36.7 Å². The van der Waals surface area contributed by atoms with E-state index < -0.39 is 15.3 Å². The van der Waals surface area contributed by atoms with E-state index in [0.717, 1.165) is 11.3 Å². The molecule has 1 aliphatic heterocycles. The average Bonchev–Trinajstić information content (AvgIpc) is 2.69. The zero-order chi connectivity index (χ0) is 22.9. The Labute approximate surface area is 186 Å². The number of anilines is 1. The number of sulfonamides is 1. The number of rotatable bonds is 6. The lowest BCUT2D eigenvalue weighted by Crippen LogP contribution is -2.43. The molecule has 3 aromatic rings. The number of hydrogen-bond acceptors (Lipinski definition) is 8. The van der Waals surface area contributed by atoms with Gasteiger partial charge in [-0.25, -0.2) is 13.4 Å². The zero-order valence-corrected chi connectivity index (χ0v) is 18.6. The summed E-state index contributed by atoms with van der Waals surface area (Å²) < 4.78 is 39.0. The van der Waals surface area contributed by atoms with E-state index in [1.807, 2.05) is 32.9 Å². The quantitative estimate of drug-likeness (QED) is 0.605. The van der Waals surface area contributed by atoms with Gasteiger partial charge in [-0.3, -0.25) is 14.7 Å². The molecule has 10 heteroatoms. The van der Waals surface area contributed by atoms with E-state index in [1.54, 1.807) is 24.4 Å². The predicted molar refractivity (Wildman–Crippen MR) is 118 cm³/mol. The number of nitrogens with zero attached hydrogens (tertiary/aromatic N) is 4. The third kappa shape index (κ3) is 4.39. The van der Waals surface area contributed by atoms with Crippen molar-refractivity contribution in [2.45, 2.75) is 26.0 Å². The molecule has 0 bridgehead atoms. The first-order valence-electron chi connectivity index (χ1n) is 9.85. The fraction of sp³-hybridized carbons (Fsp3) is 0.273. The largest absolute Gasteiger partial charge is 0.435 e. The van der Waals surface area contributed by atoms with Crippen molar-refractivity contribution in [3.05, 3.63) is 59.2 Å². The lowest BCUT2D eigenvalue weighted by molar-refractivity contribution is 0.0418. The van der Waals surface area contributed by atoms with Crippen molar-refractivity contribution in [3.63, 3.8) is 0 Å². The normalized spacial score (nSPS) is 13.8. The van der Waals surface area contributed by atoms with E-state index in [1.165, 1.54) is 6.20 Å². The Morgan fingerprint density at radius 2 is 1.94 bits per heavy atom. The molecule has 1 aliphatic rings. The Balaban J connectivity index is 1.78. The third-order valence-electron chi connectivity index (χ3n) is 4.98. The number of pyridine rings is 3. The summed E-state index contributed by atoms with van der Waals surface area (Å²) in [5.74, 6) is 0.571. The van der Waals surface area contributed by atoms with Gasteiger partial charge in [0.05, 0.1) is 30.2 Å². The number of nitriles is 1. The summed E-state index contributed by atoms with van der Waals surface area (Å²) >= 11 is 0. The second-order valence-electron chi connectivity index (χ2n) is 7.53. The van der Waals surface area contributed by atoms with Crippen molar-refractivity contribution < 1.29 is 17.9 Å². The number of ether oxygens (including phenoxy) is 2. The van der Waals surface area contributed by atoms with Gasteiger partial charge in [-0.1, -0.05) is 0 Å². The fourth-order valence-electron chi connectivity index (χ4n) is 3.29. The van der Waals surface area contributed by atoms with Crippen LogP contribution < -0.4 is 9.46 Å². The molecule has 0 atom stereocenters. The van der Waals surface area contributed by atoms with Gasteiger partial charge in [-0.05, 0) is 50.6 Å². The van der Waals surface area contributed by atoms with Gasteiger partial charge in [-0.2, -0.15) is 5.26 Å². The Morgan fingerprint density at radius 1 is 1.16 bits per heavy atom. The first kappa shape index (κ1) is 21.7. The highest BCUT2D eigenvalue weighted by Gasteiger charge is 2.33. The molecule has 1 saturated heterocycles. The molecule has 0 aromatic carbocycles. The minimum atomic E-state index is -3.67. The van der Waals surface area contributed by atoms with Crippen LogP contribution in [0, 0.1) is 32.1 Å². The summed E-state index contributed by atoms with van der Waals surface area (Å²) in [5, 5.41) is 8.54. The second-order valence-corrected chi connectivity index (χ2v) is 9.49. The summed E-state index contributed by atoms with van der Waals surface area (Å²) in [4.78, 5) is 13.1. The number of aryl methyl sites for hydroxylation is 3. The maximum Gasteiger partial charge on any atom is 0.244 e. The summed E-state index contributed by atoms with van der Waals surface area (Å²) in [6.45, 7) is 5.87. The van der Waals surface area contributed by atoms with Gasteiger partial charge in [0.2, 0.25) is 15.9 Å². The van der Waals surface area contributed by atoms with Crippen molar-refractivity contribution in [2.24, 2.45) is 0 Å². The van der Waals surface area contributed by atoms with Crippen molar-refractivity contribution in [3.8, 4) is 29.0 Å². The highest BCUT2D eigenvalue weighted by atomic mass is 32.2. The average molecular weight is 452 g/mol. The van der Waals surface area contributed by atoms with E-state index in [-0.39, 0.29) is 24.8 Å². The van der Waals surface area contributed by atoms with Gasteiger partial charge in [0.1, 0.15) is 17.0 Å². The standard InChI is InChI=1S/C22H21N5O4S/c1-13-6-14(2)25-15(3)21(13)31-22-20(27-32(28,29)18-11-30-12-18)5-4-19(26-22)17-7-16(8-23)9-24-10-17/h4-7,9-10,18,27H,11-12H2,1-3H3. The Kier molecular flexibility index (Phi) is 5.78. The van der Waals surface area contributed by atoms with Crippen molar-refractivity contribution >= 4 is 15.7 Å². The maximum atomic E-state index is 12.7. The highest BCUT2D eigenvalue weighted by molar-refractivity contribution is 7.93. The van der Waals surface area contributed by atoms with Crippen LogP contribution in [0.5, 0.6) is 11.6 Å². The fourth-order valence-corrected chi connectivity index (χ4v) is 4.47. The smallest absolute Gasteiger partial charge is 0.244 e. The number of hydrogen-bond donors (Lipinski definition) is 1. The monoisotopic (exact) mass is 451 g/mol. The summed E-state index contributed by atoms with van der Waals surface area (Å²) in [6, 6.07) is 8.80. The Bertz CT molecular complexity index is 1310. The van der Waals surface area contributed by atoms with Crippen LogP contribution in [0.2, 0.25) is 0 Å². The van der Waals surface area contributed by atoms with Crippen LogP contribution in [0.4, 0.5) is 5.69 Å². The molecule has 1 fully saturated rings. The van der Waals surface area contributed by atoms with Crippen LogP contribution in [0.3, 0.4) is 0 Å². The van der Waals surface area contributed by atoms with Crippen molar-refractivity contribution in [1.82, 2.24) is 15.0 Å². The molecule has 4 heterocycles. The SMILES string of the molecule is Cc1cc(C)c(Oc2nc(-c3cncc(C#N)c3)ccc2NS(=O)(=O)C2COC2)c(C)n1. The topological polar surface area (TPSA) is 127 Å². The van der Waals surface area contributed by atoms with Crippen LogP contribution >= 0.6 is 0 Å². The Morgan fingerprint density at radius 3 is 2.59 bits per heavy atom. The van der Waals surface area contributed by atoms with E-state index in [2.05, 4.69) is 19.7 Å². The highest BCUT2D eigenvalue weighted by Crippen LogP contribution is 2.35. The van der Waals surface area contributed by atoms with Gasteiger partial charge in [0.15, 0.2) is 5.75 Å². The van der Waals surface area contributed by atoms with Gasteiger partial charge in [0, 0.05) is 23.7 Å². The first-order chi connectivity index (χ1) is 15.3. The van der Waals surface area contributed by atoms with Crippen LogP contribution in [-0.4, -0.2) is 41.8 Å². The Hall–Kier alpha value is -3.55. The zero-order valence-electron chi connectivity index (χ0n) is 17.8. The lowest BCUT2D eigenvalue weighted by atomic mass is 10.1. The minimum absolute atomic E-state index is 0.0746. The molecule has 0 saturated carbocycles. The van der Waals surface area contributed by atoms with Crippen LogP contribution in [0.1, 0.15) is 22.5 Å². The van der Waals surface area contributed by atoms with E-state index in [4.69, 9.17) is 14.7 Å². The molecule has 164 valence electrons. The van der Waals surface area contributed by atoms with Crippen molar-refractivity contribution in [1.29, 1.82) is 5.26 Å². The van der Waals surface area contributed by atoms with E-state index >= 15 is 0 Å². The lowest BCUT2D eigenvalue weighted by Gasteiger charge is -2.26. The molecular formula is C22H21N5O4S. The van der Waals surface area contributed by atoms with E-state index in [9.17, 15) is 8.42 Å². The summed E-state index contributed by atoms with van der Waals surface area (Å²) in [7, 11) is -3.67. The molecule has 1 N–H and O–H groups in total.